The molecule has 3 atom stereocenters. The fourth-order valence-electron chi connectivity index (χ4n) is 9.53. The van der Waals surface area contributed by atoms with E-state index in [1.165, 1.54) is 49.0 Å². The summed E-state index contributed by atoms with van der Waals surface area (Å²) in [7, 11) is -1.10. The van der Waals surface area contributed by atoms with Crippen LogP contribution in [0.2, 0.25) is 5.15 Å². The number of nitrogens with zero attached hydrogens (tertiary/aromatic N) is 11. The number of nitrogen functional groups attached to an aromatic ring is 3. The standard InChI is InChI=1S/C22H29F3N6OS2.C18H21F3N6S.C10H6ClF3N4S/c1-20(2,3)34(32)30-15-6-7-21(15)8-11-31(12-9-21)16-13-28-19(18(26)29-16)33-14-5-4-10-27-17(14)22(23,24)25;19-18(20,21)14-11(2-1-7-24-14)28-16-15(23)26-13(10-25-16)27-8-5-17(6-9-27)4-3-12(17)22;11-6-4-17-9(8(15)18-6)19-5-2-1-3-16-7(5)10(12,13)14/h4-5,10,13,15,30H,6-9,11-12H2,1-3H3,(H2,26,29);1-2,7,10,12H,3-6,8-9,22H2,(H2,23,26);1-4H,(H2,15,18)/t15-,34+;12-;/m00./s1. The van der Waals surface area contributed by atoms with Gasteiger partial charge in [-0.2, -0.15) is 39.5 Å². The SMILES string of the molecule is CC(C)(C)[S@@](=O)N[C@H]1CCC12CCN(c1cnc(Sc3cccnc3C(F)(F)F)c(N)n1)CC2.Nc1nc(Cl)cnc1Sc1cccnc1C(F)(F)F.Nc1nc(N2CCC3(CC[C@@H]3N)CC2)cnc1Sc1cccnc1C(F)(F)F. The molecule has 2 saturated heterocycles. The molecule has 6 aromatic rings. The fourth-order valence-corrected chi connectivity index (χ4v) is 13.3. The number of nitrogens with two attached hydrogens (primary N) is 4. The van der Waals surface area contributed by atoms with Gasteiger partial charge < -0.3 is 32.7 Å². The van der Waals surface area contributed by atoms with Gasteiger partial charge in [-0.05, 0) is 119 Å². The summed E-state index contributed by atoms with van der Waals surface area (Å²) >= 11 is 7.93. The molecule has 0 amide bonds. The molecule has 2 aliphatic heterocycles. The number of piperidine rings is 2. The maximum atomic E-state index is 13.2. The summed E-state index contributed by atoms with van der Waals surface area (Å²) < 4.78 is 133. The molecule has 0 radical (unpaired) electrons. The summed E-state index contributed by atoms with van der Waals surface area (Å²) in [6.07, 6.45) is 2.28. The van der Waals surface area contributed by atoms with Crippen molar-refractivity contribution in [3.63, 3.8) is 0 Å². The van der Waals surface area contributed by atoms with Gasteiger partial charge in [-0.1, -0.05) is 46.9 Å². The van der Waals surface area contributed by atoms with E-state index in [-0.39, 0.29) is 80.0 Å². The summed E-state index contributed by atoms with van der Waals surface area (Å²) in [6.45, 7) is 9.09. The number of halogens is 10. The molecular formula is C50H56ClF9N16OS4. The number of aromatic nitrogens is 9. The van der Waals surface area contributed by atoms with Crippen LogP contribution in [0.25, 0.3) is 0 Å². The lowest BCUT2D eigenvalue weighted by Gasteiger charge is -2.54. The van der Waals surface area contributed by atoms with Crippen molar-refractivity contribution in [2.45, 2.75) is 137 Å². The average Bonchev–Trinajstić information content (AvgIpc) is 3.36. The normalized spacial score (nSPS) is 19.1. The topological polar surface area (TPSA) is 256 Å². The van der Waals surface area contributed by atoms with E-state index < -0.39 is 46.6 Å². The lowest BCUT2D eigenvalue weighted by Crippen LogP contribution is -2.59. The van der Waals surface area contributed by atoms with E-state index in [9.17, 15) is 43.7 Å². The van der Waals surface area contributed by atoms with E-state index >= 15 is 0 Å². The molecule has 2 spiro atoms. The minimum Gasteiger partial charge on any atom is -0.381 e. The number of hydrogen-bond acceptors (Lipinski definition) is 19. The second-order valence-corrected chi connectivity index (χ2v) is 26.0. The Morgan fingerprint density at radius 1 is 0.568 bits per heavy atom. The number of alkyl halides is 9. The number of hydrogen-bond donors (Lipinski definition) is 5. The molecule has 0 bridgehead atoms. The molecule has 4 aliphatic rings. The molecule has 4 fully saturated rings. The van der Waals surface area contributed by atoms with Gasteiger partial charge in [-0.15, -0.1) is 0 Å². The Morgan fingerprint density at radius 2 is 0.938 bits per heavy atom. The smallest absolute Gasteiger partial charge is 0.381 e. The van der Waals surface area contributed by atoms with E-state index in [4.69, 9.17) is 34.5 Å². The van der Waals surface area contributed by atoms with Gasteiger partial charge in [0.2, 0.25) is 0 Å². The van der Waals surface area contributed by atoms with E-state index in [1.54, 1.807) is 12.4 Å². The van der Waals surface area contributed by atoms with Gasteiger partial charge in [0.25, 0.3) is 0 Å². The predicted octanol–water partition coefficient (Wildman–Crippen LogP) is 11.0. The quantitative estimate of drug-likeness (QED) is 0.0799. The maximum Gasteiger partial charge on any atom is 0.434 e. The largest absolute Gasteiger partial charge is 0.434 e. The first kappa shape index (κ1) is 61.5. The number of rotatable bonds is 10. The minimum atomic E-state index is -4.57. The molecule has 0 unspecified atom stereocenters. The van der Waals surface area contributed by atoms with E-state index in [1.807, 2.05) is 20.8 Å². The maximum absolute atomic E-state index is 13.2. The van der Waals surface area contributed by atoms with Crippen molar-refractivity contribution in [1.29, 1.82) is 0 Å². The Labute approximate surface area is 480 Å². The zero-order valence-electron chi connectivity index (χ0n) is 43.6. The molecule has 9 N–H and O–H groups in total. The first-order valence-corrected chi connectivity index (χ1v) is 29.1. The Balaban J connectivity index is 0.000000166. The summed E-state index contributed by atoms with van der Waals surface area (Å²) in [4.78, 5) is 39.2. The highest BCUT2D eigenvalue weighted by molar-refractivity contribution is 8.00. The van der Waals surface area contributed by atoms with Crippen LogP contribution in [0.1, 0.15) is 89.2 Å². The zero-order valence-corrected chi connectivity index (χ0v) is 47.6. The third-order valence-corrected chi connectivity index (χ3v) is 19.3. The molecule has 2 saturated carbocycles. The van der Waals surface area contributed by atoms with Crippen LogP contribution in [0.3, 0.4) is 0 Å². The van der Waals surface area contributed by atoms with Crippen LogP contribution < -0.4 is 37.5 Å². The van der Waals surface area contributed by atoms with E-state index in [0.717, 1.165) is 125 Å². The fraction of sp³-hybridized carbons (Fsp3) is 0.460. The molecular weight excluding hydrogens is 1180 g/mol. The van der Waals surface area contributed by atoms with Crippen LogP contribution in [0.5, 0.6) is 0 Å². The van der Waals surface area contributed by atoms with Crippen molar-refractivity contribution < 1.29 is 43.7 Å². The van der Waals surface area contributed by atoms with Crippen LogP contribution in [-0.2, 0) is 29.5 Å². The molecule has 0 aromatic carbocycles. The van der Waals surface area contributed by atoms with Crippen molar-refractivity contribution in [3.05, 3.63) is 95.8 Å². The van der Waals surface area contributed by atoms with Gasteiger partial charge in [0.15, 0.2) is 34.5 Å². The molecule has 6 aromatic heterocycles. The van der Waals surface area contributed by atoms with Gasteiger partial charge >= 0.3 is 18.5 Å². The molecule has 31 heteroatoms. The second kappa shape index (κ2) is 24.7. The van der Waals surface area contributed by atoms with E-state index in [0.29, 0.717) is 11.6 Å². The van der Waals surface area contributed by atoms with Crippen molar-refractivity contribution in [1.82, 2.24) is 49.6 Å². The monoisotopic (exact) mass is 1230 g/mol. The Morgan fingerprint density at radius 3 is 1.25 bits per heavy atom. The third kappa shape index (κ3) is 14.8. The minimum absolute atomic E-state index is 0.0329. The molecule has 10 rings (SSSR count). The zero-order chi connectivity index (χ0) is 58.7. The van der Waals surface area contributed by atoms with Crippen LogP contribution >= 0.6 is 46.9 Å². The molecule has 436 valence electrons. The lowest BCUT2D eigenvalue weighted by atomic mass is 9.60. The van der Waals surface area contributed by atoms with Gasteiger partial charge in [0, 0.05) is 71.5 Å². The first-order valence-electron chi connectivity index (χ1n) is 25.1. The molecule has 2 aliphatic carbocycles. The summed E-state index contributed by atoms with van der Waals surface area (Å²) in [6, 6.07) is 8.80. The number of nitrogens with one attached hydrogen (secondary N) is 1. The Kier molecular flexibility index (Phi) is 18.8. The van der Waals surface area contributed by atoms with E-state index in [2.05, 4.69) is 59.4 Å². The van der Waals surface area contributed by atoms with Crippen LogP contribution in [0.15, 0.2) is 103 Å². The third-order valence-electron chi connectivity index (χ3n) is 14.4. The number of pyridine rings is 3. The van der Waals surface area contributed by atoms with Crippen LogP contribution in [-0.4, -0.2) is 92.1 Å². The lowest BCUT2D eigenvalue weighted by molar-refractivity contribution is -0.144. The van der Waals surface area contributed by atoms with Crippen molar-refractivity contribution in [2.24, 2.45) is 16.6 Å². The molecule has 17 nitrogen and oxygen atoms in total. The van der Waals surface area contributed by atoms with Crippen molar-refractivity contribution in [3.8, 4) is 0 Å². The van der Waals surface area contributed by atoms with Crippen LogP contribution in [0.4, 0.5) is 68.6 Å². The summed E-state index contributed by atoms with van der Waals surface area (Å²) in [5.74, 6) is 1.42. The summed E-state index contributed by atoms with van der Waals surface area (Å²) in [5, 5.41) is 0.660. The predicted molar refractivity (Wildman–Crippen MR) is 293 cm³/mol. The summed E-state index contributed by atoms with van der Waals surface area (Å²) in [5.41, 5.74) is 21.3. The van der Waals surface area contributed by atoms with Gasteiger partial charge in [0.1, 0.15) is 31.9 Å². The number of anilines is 5. The molecule has 8 heterocycles. The van der Waals surface area contributed by atoms with Crippen molar-refractivity contribution in [2.75, 3.05) is 53.2 Å². The van der Waals surface area contributed by atoms with Gasteiger partial charge in [0.05, 0.1) is 34.3 Å². The first-order chi connectivity index (χ1) is 38.0. The van der Waals surface area contributed by atoms with Crippen LogP contribution in [0, 0.1) is 10.8 Å². The highest BCUT2D eigenvalue weighted by Gasteiger charge is 2.50. The van der Waals surface area contributed by atoms with Gasteiger partial charge in [-0.25, -0.2) is 38.8 Å². The Hall–Kier alpha value is -5.53. The highest BCUT2D eigenvalue weighted by Crippen LogP contribution is 2.51. The average molecular weight is 1230 g/mol. The van der Waals surface area contributed by atoms with Crippen molar-refractivity contribution >= 4 is 87.0 Å². The van der Waals surface area contributed by atoms with Gasteiger partial charge in [-0.3, -0.25) is 15.0 Å². The molecule has 81 heavy (non-hydrogen) atoms. The highest BCUT2D eigenvalue weighted by atomic mass is 35.5. The Bertz CT molecular complexity index is 3200. The second-order valence-electron chi connectivity index (χ2n) is 20.5.